The summed E-state index contributed by atoms with van der Waals surface area (Å²) in [6.07, 6.45) is 0. The van der Waals surface area contributed by atoms with E-state index in [2.05, 4.69) is 5.32 Å². The number of hydrogen-bond donors (Lipinski definition) is 1. The van der Waals surface area contributed by atoms with Gasteiger partial charge in [-0.25, -0.2) is 0 Å². The van der Waals surface area contributed by atoms with Crippen molar-refractivity contribution in [1.82, 2.24) is 5.32 Å². The van der Waals surface area contributed by atoms with Gasteiger partial charge in [0.2, 0.25) is 5.91 Å². The minimum atomic E-state index is 0.0355. The van der Waals surface area contributed by atoms with Crippen LogP contribution in [0, 0.1) is 5.92 Å². The van der Waals surface area contributed by atoms with Gasteiger partial charge in [-0.2, -0.15) is 0 Å². The molecule has 1 aliphatic rings. The highest BCUT2D eigenvalue weighted by atomic mass is 35.5. The zero-order valence-corrected chi connectivity index (χ0v) is 10.1. The summed E-state index contributed by atoms with van der Waals surface area (Å²) in [6.45, 7) is 4.27. The summed E-state index contributed by atoms with van der Waals surface area (Å²) in [7, 11) is 0. The predicted octanol–water partition coefficient (Wildman–Crippen LogP) is 1.97. The average Bonchev–Trinajstić information content (AvgIpc) is 2.56. The molecule has 15 heavy (non-hydrogen) atoms. The standard InChI is InChI=1S/C10H13ClN2OS/c1-7-6-12-4-5-13(10(7)14)9-3-2-8(11)15-9/h2-3,7,12H,4-6H2,1H3. The average molecular weight is 245 g/mol. The lowest BCUT2D eigenvalue weighted by molar-refractivity contribution is -0.121. The van der Waals surface area contributed by atoms with E-state index < -0.39 is 0 Å². The minimum absolute atomic E-state index is 0.0355. The summed E-state index contributed by atoms with van der Waals surface area (Å²) in [6, 6.07) is 3.74. The molecule has 82 valence electrons. The molecule has 1 fully saturated rings. The summed E-state index contributed by atoms with van der Waals surface area (Å²) < 4.78 is 0.725. The first-order valence-electron chi connectivity index (χ1n) is 4.96. The van der Waals surface area contributed by atoms with Crippen molar-refractivity contribution in [3.63, 3.8) is 0 Å². The van der Waals surface area contributed by atoms with Crippen molar-refractivity contribution < 1.29 is 4.79 Å². The molecule has 1 aromatic heterocycles. The van der Waals surface area contributed by atoms with Crippen molar-refractivity contribution in [2.24, 2.45) is 5.92 Å². The van der Waals surface area contributed by atoms with Gasteiger partial charge in [0.25, 0.3) is 0 Å². The number of anilines is 1. The maximum absolute atomic E-state index is 12.0. The third kappa shape index (κ3) is 2.33. The van der Waals surface area contributed by atoms with Crippen molar-refractivity contribution >= 4 is 33.8 Å². The first-order valence-corrected chi connectivity index (χ1v) is 6.15. The van der Waals surface area contributed by atoms with E-state index in [-0.39, 0.29) is 11.8 Å². The van der Waals surface area contributed by atoms with Crippen LogP contribution in [0.5, 0.6) is 0 Å². The maximum atomic E-state index is 12.0. The summed E-state index contributed by atoms with van der Waals surface area (Å²) in [5.41, 5.74) is 0. The Balaban J connectivity index is 2.22. The van der Waals surface area contributed by atoms with Crippen LogP contribution in [0.2, 0.25) is 4.34 Å². The van der Waals surface area contributed by atoms with Crippen molar-refractivity contribution in [2.75, 3.05) is 24.5 Å². The highest BCUT2D eigenvalue weighted by molar-refractivity contribution is 7.20. The van der Waals surface area contributed by atoms with Crippen molar-refractivity contribution in [1.29, 1.82) is 0 Å². The van der Waals surface area contributed by atoms with Crippen LogP contribution < -0.4 is 10.2 Å². The molecular formula is C10H13ClN2OS. The van der Waals surface area contributed by atoms with Gasteiger partial charge in [-0.1, -0.05) is 18.5 Å². The van der Waals surface area contributed by atoms with Crippen LogP contribution in [0.4, 0.5) is 5.00 Å². The number of nitrogens with zero attached hydrogens (tertiary/aromatic N) is 1. The van der Waals surface area contributed by atoms with Gasteiger partial charge in [-0.15, -0.1) is 11.3 Å². The molecule has 1 amide bonds. The Hall–Kier alpha value is -0.580. The number of carbonyl (C=O) groups excluding carboxylic acids is 1. The second kappa shape index (κ2) is 4.51. The molecule has 1 N–H and O–H groups in total. The fourth-order valence-electron chi connectivity index (χ4n) is 1.64. The largest absolute Gasteiger partial charge is 0.314 e. The molecule has 0 spiro atoms. The molecule has 0 bridgehead atoms. The van der Waals surface area contributed by atoms with E-state index in [1.807, 2.05) is 24.0 Å². The third-order valence-electron chi connectivity index (χ3n) is 2.48. The Kier molecular flexibility index (Phi) is 3.29. The van der Waals surface area contributed by atoms with Gasteiger partial charge in [-0.05, 0) is 12.1 Å². The van der Waals surface area contributed by atoms with E-state index in [1.165, 1.54) is 11.3 Å². The maximum Gasteiger partial charge on any atom is 0.231 e. The van der Waals surface area contributed by atoms with Gasteiger partial charge in [0.05, 0.1) is 9.34 Å². The molecular weight excluding hydrogens is 232 g/mol. The minimum Gasteiger partial charge on any atom is -0.314 e. The van der Waals surface area contributed by atoms with Crippen LogP contribution in [0.1, 0.15) is 6.92 Å². The van der Waals surface area contributed by atoms with E-state index in [0.717, 1.165) is 29.0 Å². The second-order valence-corrected chi connectivity index (χ2v) is 5.37. The monoisotopic (exact) mass is 244 g/mol. The van der Waals surface area contributed by atoms with E-state index in [0.29, 0.717) is 0 Å². The van der Waals surface area contributed by atoms with Crippen molar-refractivity contribution in [3.8, 4) is 0 Å². The molecule has 0 aliphatic carbocycles. The van der Waals surface area contributed by atoms with Gasteiger partial charge in [0, 0.05) is 25.6 Å². The summed E-state index contributed by atoms with van der Waals surface area (Å²) in [5, 5.41) is 4.19. The molecule has 3 nitrogen and oxygen atoms in total. The van der Waals surface area contributed by atoms with Crippen LogP contribution in [0.15, 0.2) is 12.1 Å². The zero-order chi connectivity index (χ0) is 10.8. The van der Waals surface area contributed by atoms with Crippen LogP contribution in [0.25, 0.3) is 0 Å². The number of rotatable bonds is 1. The molecule has 2 heterocycles. The topological polar surface area (TPSA) is 32.3 Å². The summed E-state index contributed by atoms with van der Waals surface area (Å²) in [4.78, 5) is 13.8. The van der Waals surface area contributed by atoms with E-state index in [9.17, 15) is 4.79 Å². The van der Waals surface area contributed by atoms with E-state index >= 15 is 0 Å². The number of carbonyl (C=O) groups is 1. The SMILES string of the molecule is CC1CNCCN(c2ccc(Cl)s2)C1=O. The Morgan fingerprint density at radius 3 is 3.07 bits per heavy atom. The van der Waals surface area contributed by atoms with E-state index in [4.69, 9.17) is 11.6 Å². The van der Waals surface area contributed by atoms with Crippen molar-refractivity contribution in [2.45, 2.75) is 6.92 Å². The zero-order valence-electron chi connectivity index (χ0n) is 8.50. The quantitative estimate of drug-likeness (QED) is 0.819. The van der Waals surface area contributed by atoms with Crippen LogP contribution in [-0.4, -0.2) is 25.5 Å². The number of thiophene rings is 1. The molecule has 1 aliphatic heterocycles. The number of nitrogens with one attached hydrogen (secondary N) is 1. The van der Waals surface area contributed by atoms with Crippen molar-refractivity contribution in [3.05, 3.63) is 16.5 Å². The predicted molar refractivity (Wildman–Crippen MR) is 63.7 cm³/mol. The van der Waals surface area contributed by atoms with Gasteiger partial charge >= 0.3 is 0 Å². The van der Waals surface area contributed by atoms with Crippen LogP contribution >= 0.6 is 22.9 Å². The number of hydrogen-bond acceptors (Lipinski definition) is 3. The first kappa shape index (κ1) is 10.9. The molecule has 0 saturated carbocycles. The summed E-state index contributed by atoms with van der Waals surface area (Å²) in [5.74, 6) is 0.215. The highest BCUT2D eigenvalue weighted by Crippen LogP contribution is 2.30. The first-order chi connectivity index (χ1) is 7.18. The van der Waals surface area contributed by atoms with E-state index in [1.54, 1.807) is 0 Å². The Morgan fingerprint density at radius 2 is 2.40 bits per heavy atom. The second-order valence-electron chi connectivity index (χ2n) is 3.67. The fraction of sp³-hybridized carbons (Fsp3) is 0.500. The van der Waals surface area contributed by atoms with Gasteiger partial charge < -0.3 is 10.2 Å². The lowest BCUT2D eigenvalue weighted by Crippen LogP contribution is -2.34. The Morgan fingerprint density at radius 1 is 1.60 bits per heavy atom. The lowest BCUT2D eigenvalue weighted by Gasteiger charge is -2.20. The smallest absolute Gasteiger partial charge is 0.231 e. The normalized spacial score (nSPS) is 22.9. The lowest BCUT2D eigenvalue weighted by atomic mass is 10.1. The number of halogens is 1. The summed E-state index contributed by atoms with van der Waals surface area (Å²) >= 11 is 7.32. The molecule has 1 aromatic rings. The molecule has 1 saturated heterocycles. The molecule has 0 radical (unpaired) electrons. The van der Waals surface area contributed by atoms with Gasteiger partial charge in [0.15, 0.2) is 0 Å². The molecule has 0 aromatic carbocycles. The Bertz CT molecular complexity index is 366. The third-order valence-corrected chi connectivity index (χ3v) is 3.73. The molecule has 1 atom stereocenters. The molecule has 2 rings (SSSR count). The number of amides is 1. The van der Waals surface area contributed by atoms with Crippen LogP contribution in [0.3, 0.4) is 0 Å². The highest BCUT2D eigenvalue weighted by Gasteiger charge is 2.25. The van der Waals surface area contributed by atoms with Gasteiger partial charge in [-0.3, -0.25) is 4.79 Å². The fourth-order valence-corrected chi connectivity index (χ4v) is 2.71. The molecule has 1 unspecified atom stereocenters. The van der Waals surface area contributed by atoms with Gasteiger partial charge in [0.1, 0.15) is 0 Å². The Labute approximate surface area is 98.0 Å². The van der Waals surface area contributed by atoms with Crippen LogP contribution in [-0.2, 0) is 4.79 Å². The molecule has 5 heteroatoms.